The van der Waals surface area contributed by atoms with Crippen LogP contribution in [0.15, 0.2) is 78.2 Å². The van der Waals surface area contributed by atoms with E-state index in [-0.39, 0.29) is 5.91 Å². The lowest BCUT2D eigenvalue weighted by atomic mass is 10.1. The summed E-state index contributed by atoms with van der Waals surface area (Å²) in [6, 6.07) is 23.8. The molecule has 0 atom stereocenters. The van der Waals surface area contributed by atoms with E-state index in [1.165, 1.54) is 0 Å². The molecule has 0 saturated heterocycles. The first kappa shape index (κ1) is 18.7. The highest BCUT2D eigenvalue weighted by molar-refractivity contribution is 7.13. The van der Waals surface area contributed by atoms with Crippen molar-refractivity contribution in [3.05, 3.63) is 89.3 Å². The summed E-state index contributed by atoms with van der Waals surface area (Å²) in [4.78, 5) is 13.5. The Morgan fingerprint density at radius 3 is 2.65 bits per heavy atom. The van der Waals surface area contributed by atoms with Crippen LogP contribution in [0.4, 0.5) is 5.69 Å². The fourth-order valence-corrected chi connectivity index (χ4v) is 3.85. The number of hydrogen-bond acceptors (Lipinski definition) is 6. The van der Waals surface area contributed by atoms with Gasteiger partial charge >= 0.3 is 0 Å². The van der Waals surface area contributed by atoms with Crippen LogP contribution < -0.4 is 5.32 Å². The van der Waals surface area contributed by atoms with Crippen LogP contribution >= 0.6 is 11.3 Å². The average Bonchev–Trinajstić information content (AvgIpc) is 3.49. The van der Waals surface area contributed by atoms with Gasteiger partial charge in [0.25, 0.3) is 5.91 Å². The van der Waals surface area contributed by atoms with E-state index in [1.54, 1.807) is 40.1 Å². The summed E-state index contributed by atoms with van der Waals surface area (Å²) in [5.41, 5.74) is 3.88. The van der Waals surface area contributed by atoms with E-state index >= 15 is 0 Å². The Bertz CT molecular complexity index is 1430. The minimum absolute atomic E-state index is 0.269. The molecule has 31 heavy (non-hydrogen) atoms. The largest absolute Gasteiger partial charge is 0.322 e. The van der Waals surface area contributed by atoms with E-state index in [9.17, 15) is 4.79 Å². The monoisotopic (exact) mass is 422 g/mol. The third kappa shape index (κ3) is 3.66. The molecule has 0 aliphatic carbocycles. The van der Waals surface area contributed by atoms with E-state index < -0.39 is 0 Å². The number of rotatable bonds is 4. The van der Waals surface area contributed by atoms with Crippen LogP contribution in [0.3, 0.4) is 0 Å². The fourth-order valence-electron chi connectivity index (χ4n) is 3.16. The van der Waals surface area contributed by atoms with Crippen LogP contribution in [0.5, 0.6) is 0 Å². The lowest BCUT2D eigenvalue weighted by Gasteiger charge is -2.07. The fraction of sp³-hybridized carbons (Fsp3) is 0. The second-order valence-corrected chi connectivity index (χ2v) is 7.66. The first-order valence-electron chi connectivity index (χ1n) is 9.39. The maximum Gasteiger partial charge on any atom is 0.255 e. The number of hydrogen-bond donors (Lipinski definition) is 1. The predicted octanol–water partition coefficient (Wildman–Crippen LogP) is 4.64. The number of thiophene rings is 1. The van der Waals surface area contributed by atoms with Crippen molar-refractivity contribution in [3.63, 3.8) is 0 Å². The van der Waals surface area contributed by atoms with Gasteiger partial charge in [0.1, 0.15) is 0 Å². The summed E-state index contributed by atoms with van der Waals surface area (Å²) in [7, 11) is 0. The summed E-state index contributed by atoms with van der Waals surface area (Å²) in [5, 5.41) is 27.0. The number of amides is 1. The molecule has 8 heteroatoms. The van der Waals surface area contributed by atoms with Gasteiger partial charge in [-0.05, 0) is 53.9 Å². The normalized spacial score (nSPS) is 10.7. The van der Waals surface area contributed by atoms with Crippen LogP contribution in [-0.4, -0.2) is 25.7 Å². The molecule has 0 fully saturated rings. The molecule has 7 nitrogen and oxygen atoms in total. The number of carbonyl (C=O) groups is 1. The van der Waals surface area contributed by atoms with Gasteiger partial charge in [0.2, 0.25) is 0 Å². The summed E-state index contributed by atoms with van der Waals surface area (Å²) in [6.07, 6.45) is 0. The number of aromatic nitrogens is 4. The van der Waals surface area contributed by atoms with Gasteiger partial charge in [-0.15, -0.1) is 21.5 Å². The number of nitrogens with zero attached hydrogens (tertiary/aromatic N) is 5. The molecule has 3 heterocycles. The van der Waals surface area contributed by atoms with Crippen molar-refractivity contribution in [2.45, 2.75) is 0 Å². The van der Waals surface area contributed by atoms with Crippen molar-refractivity contribution in [2.24, 2.45) is 0 Å². The molecule has 5 rings (SSSR count). The molecule has 0 aliphatic rings. The molecule has 3 aromatic heterocycles. The zero-order valence-corrected chi connectivity index (χ0v) is 16.9. The number of anilines is 1. The molecule has 0 spiro atoms. The number of carbonyl (C=O) groups excluding carboxylic acids is 1. The second-order valence-electron chi connectivity index (χ2n) is 6.71. The van der Waals surface area contributed by atoms with Gasteiger partial charge in [-0.25, -0.2) is 0 Å². The number of benzene rings is 2. The van der Waals surface area contributed by atoms with Crippen molar-refractivity contribution in [3.8, 4) is 28.0 Å². The maximum absolute atomic E-state index is 12.5. The van der Waals surface area contributed by atoms with Gasteiger partial charge in [-0.1, -0.05) is 24.3 Å². The van der Waals surface area contributed by atoms with Crippen molar-refractivity contribution < 1.29 is 4.79 Å². The number of fused-ring (bicyclic) bond motifs is 1. The topological polar surface area (TPSA) is 96.0 Å². The van der Waals surface area contributed by atoms with Crippen LogP contribution in [-0.2, 0) is 0 Å². The second kappa shape index (κ2) is 7.82. The van der Waals surface area contributed by atoms with Crippen molar-refractivity contribution in [1.82, 2.24) is 19.8 Å². The van der Waals surface area contributed by atoms with Gasteiger partial charge in [-0.3, -0.25) is 4.79 Å². The first-order chi connectivity index (χ1) is 15.2. The summed E-state index contributed by atoms with van der Waals surface area (Å²) in [6.45, 7) is 0. The molecule has 1 amide bonds. The minimum atomic E-state index is -0.269. The molecule has 2 aromatic carbocycles. The zero-order valence-electron chi connectivity index (χ0n) is 16.1. The third-order valence-electron chi connectivity index (χ3n) is 4.70. The third-order valence-corrected chi connectivity index (χ3v) is 5.56. The summed E-state index contributed by atoms with van der Waals surface area (Å²) in [5.74, 6) is 0.435. The average molecular weight is 422 g/mol. The Balaban J connectivity index is 1.40. The van der Waals surface area contributed by atoms with Gasteiger partial charge in [0.15, 0.2) is 11.5 Å². The molecule has 0 unspecified atom stereocenters. The molecule has 0 radical (unpaired) electrons. The molecule has 1 N–H and O–H groups in total. The molecular weight excluding hydrogens is 408 g/mol. The zero-order chi connectivity index (χ0) is 21.2. The van der Waals surface area contributed by atoms with Gasteiger partial charge < -0.3 is 5.32 Å². The predicted molar refractivity (Wildman–Crippen MR) is 119 cm³/mol. The molecule has 0 saturated carbocycles. The van der Waals surface area contributed by atoms with Crippen molar-refractivity contribution in [2.75, 3.05) is 5.32 Å². The highest BCUT2D eigenvalue weighted by Crippen LogP contribution is 2.25. The van der Waals surface area contributed by atoms with Crippen LogP contribution in [0, 0.1) is 11.3 Å². The SMILES string of the molecule is N#Cc1cccc(C(=O)Nc2ccc(-c3ccc4nnc(-c5cccs5)n4n3)cc2)c1. The lowest BCUT2D eigenvalue weighted by molar-refractivity contribution is 0.102. The van der Waals surface area contributed by atoms with Crippen LogP contribution in [0.25, 0.3) is 27.6 Å². The molecule has 0 aliphatic heterocycles. The Kier molecular flexibility index (Phi) is 4.71. The number of nitriles is 1. The van der Waals surface area contributed by atoms with Gasteiger partial charge in [0, 0.05) is 16.8 Å². The van der Waals surface area contributed by atoms with Crippen LogP contribution in [0.1, 0.15) is 15.9 Å². The Morgan fingerprint density at radius 2 is 1.87 bits per heavy atom. The quantitative estimate of drug-likeness (QED) is 0.455. The molecule has 148 valence electrons. The summed E-state index contributed by atoms with van der Waals surface area (Å²) >= 11 is 1.58. The first-order valence-corrected chi connectivity index (χ1v) is 10.3. The lowest BCUT2D eigenvalue weighted by Crippen LogP contribution is -2.11. The van der Waals surface area contributed by atoms with Gasteiger partial charge in [0.05, 0.1) is 22.2 Å². The molecule has 5 aromatic rings. The van der Waals surface area contributed by atoms with Crippen LogP contribution in [0.2, 0.25) is 0 Å². The molecular formula is C23H14N6OS. The highest BCUT2D eigenvalue weighted by atomic mass is 32.1. The van der Waals surface area contributed by atoms with E-state index in [0.29, 0.717) is 28.3 Å². The smallest absolute Gasteiger partial charge is 0.255 e. The molecule has 0 bridgehead atoms. The van der Waals surface area contributed by atoms with E-state index in [2.05, 4.69) is 15.5 Å². The standard InChI is InChI=1S/C23H14N6OS/c24-14-15-3-1-4-17(13-15)23(30)25-18-8-6-16(7-9-18)19-10-11-21-26-27-22(29(21)28-19)20-5-2-12-31-20/h1-13H,(H,25,30). The van der Waals surface area contributed by atoms with Crippen molar-refractivity contribution >= 4 is 28.6 Å². The number of nitrogens with one attached hydrogen (secondary N) is 1. The van der Waals surface area contributed by atoms with Gasteiger partial charge in [-0.2, -0.15) is 14.9 Å². The highest BCUT2D eigenvalue weighted by Gasteiger charge is 2.12. The van der Waals surface area contributed by atoms with Crippen molar-refractivity contribution in [1.29, 1.82) is 5.26 Å². The summed E-state index contributed by atoms with van der Waals surface area (Å²) < 4.78 is 1.74. The Labute approximate surface area is 181 Å². The minimum Gasteiger partial charge on any atom is -0.322 e. The Hall–Kier alpha value is -4.35. The van der Waals surface area contributed by atoms with E-state index in [4.69, 9.17) is 10.4 Å². The van der Waals surface area contributed by atoms with E-state index in [1.807, 2.05) is 60.0 Å². The van der Waals surface area contributed by atoms with E-state index in [0.717, 1.165) is 16.1 Å². The Morgan fingerprint density at radius 1 is 1.00 bits per heavy atom. The maximum atomic E-state index is 12.5.